The van der Waals surface area contributed by atoms with Gasteiger partial charge in [-0.2, -0.15) is 5.10 Å². The molecule has 0 fully saturated rings. The van der Waals surface area contributed by atoms with Gasteiger partial charge >= 0.3 is 5.97 Å². The van der Waals surface area contributed by atoms with E-state index in [4.69, 9.17) is 4.74 Å². The van der Waals surface area contributed by atoms with E-state index in [9.17, 15) is 4.79 Å². The quantitative estimate of drug-likeness (QED) is 0.601. The molecule has 4 nitrogen and oxygen atoms in total. The lowest BCUT2D eigenvalue weighted by Gasteiger charge is -2.03. The molecule has 0 aliphatic carbocycles. The third-order valence-electron chi connectivity index (χ3n) is 1.65. The lowest BCUT2D eigenvalue weighted by molar-refractivity contribution is -0.144. The number of hydrogen-bond acceptors (Lipinski definition) is 3. The molecule has 1 heterocycles. The molecule has 78 valence electrons. The van der Waals surface area contributed by atoms with E-state index < -0.39 is 0 Å². The highest BCUT2D eigenvalue weighted by molar-refractivity contribution is 9.10. The molecule has 0 unspecified atom stereocenters. The standard InChI is InChI=1S/C9H13BrN2O2/c1-2-3-4-14-9(13)7-12-6-8(10)5-11-12/h5-6H,2-4,7H2,1H3. The third kappa shape index (κ3) is 3.91. The molecule has 0 aliphatic rings. The lowest BCUT2D eigenvalue weighted by atomic mass is 10.4. The van der Waals surface area contributed by atoms with E-state index in [0.717, 1.165) is 17.3 Å². The first-order valence-corrected chi connectivity index (χ1v) is 5.35. The summed E-state index contributed by atoms with van der Waals surface area (Å²) in [5.74, 6) is -0.242. The SMILES string of the molecule is CCCCOC(=O)Cn1cc(Br)cn1. The van der Waals surface area contributed by atoms with Crippen LogP contribution in [-0.4, -0.2) is 22.4 Å². The molecule has 0 aromatic carbocycles. The number of carbonyl (C=O) groups is 1. The molecule has 0 aliphatic heterocycles. The van der Waals surface area contributed by atoms with Crippen molar-refractivity contribution < 1.29 is 9.53 Å². The maximum atomic E-state index is 11.2. The predicted molar refractivity (Wildman–Crippen MR) is 55.8 cm³/mol. The van der Waals surface area contributed by atoms with Crippen LogP contribution in [0.2, 0.25) is 0 Å². The van der Waals surface area contributed by atoms with Gasteiger partial charge in [-0.25, -0.2) is 0 Å². The summed E-state index contributed by atoms with van der Waals surface area (Å²) in [5.41, 5.74) is 0. The summed E-state index contributed by atoms with van der Waals surface area (Å²) in [7, 11) is 0. The van der Waals surface area contributed by atoms with Crippen LogP contribution < -0.4 is 0 Å². The normalized spacial score (nSPS) is 10.1. The number of halogens is 1. The molecule has 5 heteroatoms. The summed E-state index contributed by atoms with van der Waals surface area (Å²) < 4.78 is 7.38. The second-order valence-electron chi connectivity index (χ2n) is 2.93. The zero-order valence-corrected chi connectivity index (χ0v) is 9.66. The van der Waals surface area contributed by atoms with E-state index in [2.05, 4.69) is 28.0 Å². The Balaban J connectivity index is 2.27. The van der Waals surface area contributed by atoms with Gasteiger partial charge in [0.05, 0.1) is 17.3 Å². The molecule has 0 spiro atoms. The highest BCUT2D eigenvalue weighted by Crippen LogP contribution is 2.05. The minimum Gasteiger partial charge on any atom is -0.464 e. The molecule has 0 saturated heterocycles. The van der Waals surface area contributed by atoms with Crippen molar-refractivity contribution in [2.45, 2.75) is 26.3 Å². The fourth-order valence-corrected chi connectivity index (χ4v) is 1.26. The van der Waals surface area contributed by atoms with Crippen molar-refractivity contribution in [2.24, 2.45) is 0 Å². The minimum atomic E-state index is -0.242. The van der Waals surface area contributed by atoms with Gasteiger partial charge in [-0.3, -0.25) is 9.48 Å². The molecule has 1 rings (SSSR count). The monoisotopic (exact) mass is 260 g/mol. The van der Waals surface area contributed by atoms with E-state index in [1.165, 1.54) is 0 Å². The van der Waals surface area contributed by atoms with E-state index in [1.807, 2.05) is 0 Å². The van der Waals surface area contributed by atoms with Gasteiger partial charge in [-0.1, -0.05) is 13.3 Å². The second kappa shape index (κ2) is 5.80. The van der Waals surface area contributed by atoms with Gasteiger partial charge in [0, 0.05) is 6.20 Å². The largest absolute Gasteiger partial charge is 0.464 e. The van der Waals surface area contributed by atoms with Crippen molar-refractivity contribution >= 4 is 21.9 Å². The summed E-state index contributed by atoms with van der Waals surface area (Å²) in [6.07, 6.45) is 5.32. The Morgan fingerprint density at radius 3 is 3.07 bits per heavy atom. The van der Waals surface area contributed by atoms with Gasteiger partial charge in [0.25, 0.3) is 0 Å². The summed E-state index contributed by atoms with van der Waals surface area (Å²) in [5, 5.41) is 3.95. The zero-order valence-electron chi connectivity index (χ0n) is 8.07. The summed E-state index contributed by atoms with van der Waals surface area (Å²) in [6, 6.07) is 0. The number of nitrogens with zero attached hydrogens (tertiary/aromatic N) is 2. The number of ether oxygens (including phenoxy) is 1. The zero-order chi connectivity index (χ0) is 10.4. The maximum absolute atomic E-state index is 11.2. The third-order valence-corrected chi connectivity index (χ3v) is 2.06. The van der Waals surface area contributed by atoms with Crippen LogP contribution in [0.1, 0.15) is 19.8 Å². The number of rotatable bonds is 5. The number of esters is 1. The van der Waals surface area contributed by atoms with E-state index in [-0.39, 0.29) is 12.5 Å². The Kier molecular flexibility index (Phi) is 4.65. The van der Waals surface area contributed by atoms with Gasteiger partial charge < -0.3 is 4.74 Å². The molecule has 1 aromatic heterocycles. The number of hydrogen-bond donors (Lipinski definition) is 0. The van der Waals surface area contributed by atoms with Crippen LogP contribution in [-0.2, 0) is 16.1 Å². The first-order valence-electron chi connectivity index (χ1n) is 4.56. The van der Waals surface area contributed by atoms with Crippen LogP contribution in [0.25, 0.3) is 0 Å². The van der Waals surface area contributed by atoms with E-state index in [0.29, 0.717) is 6.61 Å². The summed E-state index contributed by atoms with van der Waals surface area (Å²) in [4.78, 5) is 11.2. The Morgan fingerprint density at radius 1 is 1.71 bits per heavy atom. The van der Waals surface area contributed by atoms with Crippen LogP contribution >= 0.6 is 15.9 Å². The van der Waals surface area contributed by atoms with E-state index in [1.54, 1.807) is 17.1 Å². The first kappa shape index (κ1) is 11.2. The number of unbranched alkanes of at least 4 members (excludes halogenated alkanes) is 1. The van der Waals surface area contributed by atoms with Crippen molar-refractivity contribution in [2.75, 3.05) is 6.61 Å². The molecule has 0 atom stereocenters. The Bertz CT molecular complexity index is 299. The molecule has 0 saturated carbocycles. The highest BCUT2D eigenvalue weighted by Gasteiger charge is 2.04. The fraction of sp³-hybridized carbons (Fsp3) is 0.556. The van der Waals surface area contributed by atoms with E-state index >= 15 is 0 Å². The Labute approximate surface area is 91.4 Å². The maximum Gasteiger partial charge on any atom is 0.327 e. The van der Waals surface area contributed by atoms with Gasteiger partial charge in [0.15, 0.2) is 0 Å². The van der Waals surface area contributed by atoms with Crippen molar-refractivity contribution in [3.8, 4) is 0 Å². The average molecular weight is 261 g/mol. The molecule has 0 radical (unpaired) electrons. The highest BCUT2D eigenvalue weighted by atomic mass is 79.9. The fourth-order valence-electron chi connectivity index (χ4n) is 0.933. The van der Waals surface area contributed by atoms with Crippen LogP contribution in [0, 0.1) is 0 Å². The summed E-state index contributed by atoms with van der Waals surface area (Å²) >= 11 is 3.25. The number of aromatic nitrogens is 2. The Hall–Kier alpha value is -0.840. The van der Waals surface area contributed by atoms with Gasteiger partial charge in [0.2, 0.25) is 0 Å². The van der Waals surface area contributed by atoms with Gasteiger partial charge in [-0.15, -0.1) is 0 Å². The molecule has 0 bridgehead atoms. The second-order valence-corrected chi connectivity index (χ2v) is 3.85. The lowest BCUT2D eigenvalue weighted by Crippen LogP contribution is -2.14. The predicted octanol–water partition coefficient (Wildman–Crippen LogP) is 1.99. The van der Waals surface area contributed by atoms with Crippen molar-refractivity contribution in [1.29, 1.82) is 0 Å². The molecular formula is C9H13BrN2O2. The van der Waals surface area contributed by atoms with Crippen LogP contribution in [0.4, 0.5) is 0 Å². The number of carbonyl (C=O) groups excluding carboxylic acids is 1. The Morgan fingerprint density at radius 2 is 2.50 bits per heavy atom. The molecule has 0 N–H and O–H groups in total. The van der Waals surface area contributed by atoms with Gasteiger partial charge in [0.1, 0.15) is 6.54 Å². The molecule has 14 heavy (non-hydrogen) atoms. The molecule has 0 amide bonds. The van der Waals surface area contributed by atoms with Crippen LogP contribution in [0.3, 0.4) is 0 Å². The topological polar surface area (TPSA) is 44.1 Å². The van der Waals surface area contributed by atoms with Crippen molar-refractivity contribution in [3.63, 3.8) is 0 Å². The minimum absolute atomic E-state index is 0.176. The smallest absolute Gasteiger partial charge is 0.327 e. The average Bonchev–Trinajstić information content (AvgIpc) is 2.52. The first-order chi connectivity index (χ1) is 6.72. The molecular weight excluding hydrogens is 248 g/mol. The van der Waals surface area contributed by atoms with Crippen LogP contribution in [0.15, 0.2) is 16.9 Å². The van der Waals surface area contributed by atoms with Crippen molar-refractivity contribution in [1.82, 2.24) is 9.78 Å². The van der Waals surface area contributed by atoms with Crippen LogP contribution in [0.5, 0.6) is 0 Å². The molecule has 1 aromatic rings. The summed E-state index contributed by atoms with van der Waals surface area (Å²) in [6.45, 7) is 2.73. The van der Waals surface area contributed by atoms with Gasteiger partial charge in [-0.05, 0) is 22.4 Å². The van der Waals surface area contributed by atoms with Crippen molar-refractivity contribution in [3.05, 3.63) is 16.9 Å².